The SMILES string of the molecule is CCC1CCCCN1C(=O)CN1CCC(CC(=O)O)C1. The molecule has 20 heavy (non-hydrogen) atoms. The molecule has 2 aliphatic rings. The number of carboxylic acids is 1. The fourth-order valence-corrected chi connectivity index (χ4v) is 3.51. The van der Waals surface area contributed by atoms with Crippen LogP contribution >= 0.6 is 0 Å². The van der Waals surface area contributed by atoms with Crippen molar-refractivity contribution < 1.29 is 14.7 Å². The average Bonchev–Trinajstić information content (AvgIpc) is 2.85. The monoisotopic (exact) mass is 282 g/mol. The van der Waals surface area contributed by atoms with E-state index in [1.54, 1.807) is 0 Å². The fraction of sp³-hybridized carbons (Fsp3) is 0.867. The third-order valence-corrected chi connectivity index (χ3v) is 4.61. The van der Waals surface area contributed by atoms with Crippen LogP contribution in [0.5, 0.6) is 0 Å². The summed E-state index contributed by atoms with van der Waals surface area (Å²) in [7, 11) is 0. The van der Waals surface area contributed by atoms with E-state index in [-0.39, 0.29) is 18.2 Å². The van der Waals surface area contributed by atoms with Crippen LogP contribution in [-0.4, -0.2) is 59.0 Å². The van der Waals surface area contributed by atoms with Crippen LogP contribution < -0.4 is 0 Å². The van der Waals surface area contributed by atoms with Gasteiger partial charge in [0.15, 0.2) is 0 Å². The van der Waals surface area contributed by atoms with Crippen molar-refractivity contribution in [2.75, 3.05) is 26.2 Å². The van der Waals surface area contributed by atoms with Crippen LogP contribution in [0.25, 0.3) is 0 Å². The summed E-state index contributed by atoms with van der Waals surface area (Å²) in [6.07, 6.45) is 5.64. The predicted molar refractivity (Wildman–Crippen MR) is 76.4 cm³/mol. The van der Waals surface area contributed by atoms with Gasteiger partial charge in [0.1, 0.15) is 0 Å². The van der Waals surface area contributed by atoms with E-state index in [4.69, 9.17) is 5.11 Å². The van der Waals surface area contributed by atoms with Crippen molar-refractivity contribution >= 4 is 11.9 Å². The molecule has 2 aliphatic heterocycles. The topological polar surface area (TPSA) is 60.9 Å². The van der Waals surface area contributed by atoms with Gasteiger partial charge in [0.25, 0.3) is 0 Å². The number of rotatable bonds is 5. The Morgan fingerprint density at radius 2 is 2.00 bits per heavy atom. The summed E-state index contributed by atoms with van der Waals surface area (Å²) in [5.74, 6) is -0.290. The zero-order chi connectivity index (χ0) is 14.5. The molecule has 2 fully saturated rings. The lowest BCUT2D eigenvalue weighted by Crippen LogP contribution is -2.47. The van der Waals surface area contributed by atoms with Crippen LogP contribution in [0.4, 0.5) is 0 Å². The summed E-state index contributed by atoms with van der Waals surface area (Å²) in [4.78, 5) is 27.3. The molecule has 1 amide bonds. The van der Waals surface area contributed by atoms with Gasteiger partial charge in [0.2, 0.25) is 5.91 Å². The van der Waals surface area contributed by atoms with Gasteiger partial charge in [-0.1, -0.05) is 6.92 Å². The highest BCUT2D eigenvalue weighted by atomic mass is 16.4. The molecular weight excluding hydrogens is 256 g/mol. The normalized spacial score (nSPS) is 27.8. The molecule has 2 atom stereocenters. The van der Waals surface area contributed by atoms with Crippen molar-refractivity contribution in [1.82, 2.24) is 9.80 Å². The molecule has 114 valence electrons. The Balaban J connectivity index is 1.81. The predicted octanol–water partition coefficient (Wildman–Crippen LogP) is 1.57. The number of carbonyl (C=O) groups excluding carboxylic acids is 1. The largest absolute Gasteiger partial charge is 0.481 e. The van der Waals surface area contributed by atoms with Crippen molar-refractivity contribution in [3.05, 3.63) is 0 Å². The second-order valence-corrected chi connectivity index (χ2v) is 6.13. The smallest absolute Gasteiger partial charge is 0.303 e. The van der Waals surface area contributed by atoms with E-state index >= 15 is 0 Å². The van der Waals surface area contributed by atoms with Crippen molar-refractivity contribution in [2.45, 2.75) is 51.5 Å². The maximum absolute atomic E-state index is 12.4. The van der Waals surface area contributed by atoms with Gasteiger partial charge in [0.05, 0.1) is 6.54 Å². The van der Waals surface area contributed by atoms with E-state index in [9.17, 15) is 9.59 Å². The van der Waals surface area contributed by atoms with Gasteiger partial charge in [-0.05, 0) is 44.6 Å². The number of nitrogens with zero attached hydrogens (tertiary/aromatic N) is 2. The van der Waals surface area contributed by atoms with E-state index in [0.717, 1.165) is 45.3 Å². The highest BCUT2D eigenvalue weighted by Gasteiger charge is 2.30. The highest BCUT2D eigenvalue weighted by molar-refractivity contribution is 5.78. The number of piperidine rings is 1. The molecule has 2 rings (SSSR count). The molecule has 2 heterocycles. The average molecular weight is 282 g/mol. The summed E-state index contributed by atoms with van der Waals surface area (Å²) in [6, 6.07) is 0.411. The molecular formula is C15H26N2O3. The lowest BCUT2D eigenvalue weighted by molar-refractivity contribution is -0.138. The van der Waals surface area contributed by atoms with Crippen molar-refractivity contribution in [1.29, 1.82) is 0 Å². The number of carbonyl (C=O) groups is 2. The molecule has 0 spiro atoms. The van der Waals surface area contributed by atoms with Crippen molar-refractivity contribution in [2.24, 2.45) is 5.92 Å². The quantitative estimate of drug-likeness (QED) is 0.831. The molecule has 1 N–H and O–H groups in total. The summed E-state index contributed by atoms with van der Waals surface area (Å²) in [6.45, 7) is 5.11. The molecule has 0 bridgehead atoms. The first-order valence-electron chi connectivity index (χ1n) is 7.83. The molecule has 2 unspecified atom stereocenters. The molecule has 2 saturated heterocycles. The zero-order valence-corrected chi connectivity index (χ0v) is 12.4. The van der Waals surface area contributed by atoms with Gasteiger partial charge in [0, 0.05) is 25.6 Å². The van der Waals surface area contributed by atoms with E-state index < -0.39 is 5.97 Å². The molecule has 0 aliphatic carbocycles. The number of aliphatic carboxylic acids is 1. The molecule has 0 aromatic carbocycles. The number of hydrogen-bond acceptors (Lipinski definition) is 3. The Labute approximate surface area is 120 Å². The summed E-state index contributed by atoms with van der Waals surface area (Å²) < 4.78 is 0. The Bertz CT molecular complexity index is 359. The number of likely N-dealkylation sites (tertiary alicyclic amines) is 2. The van der Waals surface area contributed by atoms with E-state index in [2.05, 4.69) is 11.8 Å². The van der Waals surface area contributed by atoms with Crippen LogP contribution in [0.3, 0.4) is 0 Å². The Hall–Kier alpha value is -1.10. The highest BCUT2D eigenvalue weighted by Crippen LogP contribution is 2.22. The van der Waals surface area contributed by atoms with E-state index in [1.807, 2.05) is 4.90 Å². The molecule has 5 nitrogen and oxygen atoms in total. The molecule has 0 aromatic heterocycles. The van der Waals surface area contributed by atoms with Crippen LogP contribution in [0.15, 0.2) is 0 Å². The van der Waals surface area contributed by atoms with Gasteiger partial charge in [-0.15, -0.1) is 0 Å². The van der Waals surface area contributed by atoms with Gasteiger partial charge >= 0.3 is 5.97 Å². The van der Waals surface area contributed by atoms with E-state index in [1.165, 1.54) is 6.42 Å². The molecule has 0 aromatic rings. The second-order valence-electron chi connectivity index (χ2n) is 6.13. The zero-order valence-electron chi connectivity index (χ0n) is 12.4. The number of hydrogen-bond donors (Lipinski definition) is 1. The standard InChI is InChI=1S/C15H26N2O3/c1-2-13-5-3-4-7-17(13)14(18)11-16-8-6-12(10-16)9-15(19)20/h12-13H,2-11H2,1H3,(H,19,20). The maximum atomic E-state index is 12.4. The van der Waals surface area contributed by atoms with Gasteiger partial charge in [-0.3, -0.25) is 14.5 Å². The van der Waals surface area contributed by atoms with Crippen LogP contribution in [0.1, 0.15) is 45.4 Å². The number of carboxylic acid groups (broad SMARTS) is 1. The van der Waals surface area contributed by atoms with Gasteiger partial charge in [-0.2, -0.15) is 0 Å². The third-order valence-electron chi connectivity index (χ3n) is 4.61. The Morgan fingerprint density at radius 3 is 2.70 bits per heavy atom. The first kappa shape index (κ1) is 15.3. The Morgan fingerprint density at radius 1 is 1.20 bits per heavy atom. The molecule has 0 radical (unpaired) electrons. The Kier molecular flexibility index (Phi) is 5.40. The number of amides is 1. The first-order chi connectivity index (χ1) is 9.60. The van der Waals surface area contributed by atoms with Crippen molar-refractivity contribution in [3.63, 3.8) is 0 Å². The first-order valence-corrected chi connectivity index (χ1v) is 7.83. The van der Waals surface area contributed by atoms with Crippen LogP contribution in [0, 0.1) is 5.92 Å². The third kappa shape index (κ3) is 3.95. The van der Waals surface area contributed by atoms with Gasteiger partial charge in [-0.25, -0.2) is 0 Å². The van der Waals surface area contributed by atoms with E-state index in [0.29, 0.717) is 12.6 Å². The lowest BCUT2D eigenvalue weighted by Gasteiger charge is -2.36. The lowest BCUT2D eigenvalue weighted by atomic mass is 10.00. The minimum absolute atomic E-state index is 0.212. The van der Waals surface area contributed by atoms with Crippen molar-refractivity contribution in [3.8, 4) is 0 Å². The summed E-state index contributed by atoms with van der Waals surface area (Å²) in [5.41, 5.74) is 0. The summed E-state index contributed by atoms with van der Waals surface area (Å²) in [5, 5.41) is 8.82. The summed E-state index contributed by atoms with van der Waals surface area (Å²) >= 11 is 0. The molecule has 5 heteroatoms. The maximum Gasteiger partial charge on any atom is 0.303 e. The molecule has 0 saturated carbocycles. The second kappa shape index (κ2) is 7.07. The van der Waals surface area contributed by atoms with Gasteiger partial charge < -0.3 is 10.0 Å². The van der Waals surface area contributed by atoms with Crippen LogP contribution in [-0.2, 0) is 9.59 Å². The minimum Gasteiger partial charge on any atom is -0.481 e. The van der Waals surface area contributed by atoms with Crippen LogP contribution in [0.2, 0.25) is 0 Å². The minimum atomic E-state index is -0.731. The fourth-order valence-electron chi connectivity index (χ4n) is 3.51.